The van der Waals surface area contributed by atoms with Crippen molar-refractivity contribution in [2.45, 2.75) is 38.0 Å². The standard InChI is InChI=1S/C31H32F5N5O4/c1-41-15-20-11-22(12-24(34)29(20)45-23(13-32)14-33)39-27(42)9-5-18-10-19(4-8-25(18)44-16-26(35)36)28(31(41)43)40-21-6-2-17(3-7-21)30(37)38/h2-4,6-8,10-12,23,26,28,40H,5,9,13-16H2,1H3,(H3,37,38)(H,39,42)/t28-/m1/s1. The number of hydrogen-bond acceptors (Lipinski definition) is 6. The zero-order chi connectivity index (χ0) is 32.7. The maximum atomic E-state index is 15.3. The first-order valence-corrected chi connectivity index (χ1v) is 13.9. The lowest BCUT2D eigenvalue weighted by Crippen LogP contribution is -2.35. The first kappa shape index (κ1) is 33.0. The minimum atomic E-state index is -2.75. The van der Waals surface area contributed by atoms with Crippen LogP contribution in [0.25, 0.3) is 0 Å². The normalized spacial score (nSPS) is 15.5. The minimum Gasteiger partial charge on any atom is -0.487 e. The molecule has 3 aromatic rings. The van der Waals surface area contributed by atoms with Gasteiger partial charge >= 0.3 is 0 Å². The van der Waals surface area contributed by atoms with Gasteiger partial charge in [0, 0.05) is 48.6 Å². The van der Waals surface area contributed by atoms with Crippen LogP contribution < -0.4 is 25.8 Å². The van der Waals surface area contributed by atoms with E-state index < -0.39 is 61.9 Å². The molecule has 1 heterocycles. The number of benzene rings is 3. The molecule has 14 heteroatoms. The van der Waals surface area contributed by atoms with E-state index in [4.69, 9.17) is 20.6 Å². The van der Waals surface area contributed by atoms with Crippen molar-refractivity contribution in [1.29, 1.82) is 5.41 Å². The molecule has 5 N–H and O–H groups in total. The summed E-state index contributed by atoms with van der Waals surface area (Å²) in [7, 11) is 1.43. The molecule has 240 valence electrons. The number of carbonyl (C=O) groups is 2. The van der Waals surface area contributed by atoms with Gasteiger partial charge in [0.05, 0.1) is 0 Å². The van der Waals surface area contributed by atoms with E-state index in [1.54, 1.807) is 30.3 Å². The molecule has 1 aliphatic heterocycles. The summed E-state index contributed by atoms with van der Waals surface area (Å²) in [6.45, 7) is -3.62. The Morgan fingerprint density at radius 2 is 1.78 bits per heavy atom. The highest BCUT2D eigenvalue weighted by molar-refractivity contribution is 5.95. The quantitative estimate of drug-likeness (QED) is 0.139. The second-order valence-electron chi connectivity index (χ2n) is 10.4. The summed E-state index contributed by atoms with van der Waals surface area (Å²) < 4.78 is 78.4. The first-order valence-electron chi connectivity index (χ1n) is 13.9. The number of nitrogen functional groups attached to an aromatic ring is 1. The molecule has 0 saturated heterocycles. The second kappa shape index (κ2) is 14.7. The van der Waals surface area contributed by atoms with E-state index in [9.17, 15) is 27.2 Å². The van der Waals surface area contributed by atoms with E-state index in [2.05, 4.69) is 10.6 Å². The molecule has 0 spiro atoms. The molecule has 0 aromatic heterocycles. The van der Waals surface area contributed by atoms with Crippen LogP contribution in [0.5, 0.6) is 11.5 Å². The van der Waals surface area contributed by atoms with Gasteiger partial charge in [0.1, 0.15) is 37.6 Å². The van der Waals surface area contributed by atoms with Crippen LogP contribution in [0.1, 0.15) is 34.7 Å². The van der Waals surface area contributed by atoms with E-state index in [-0.39, 0.29) is 42.2 Å². The van der Waals surface area contributed by atoms with Crippen molar-refractivity contribution >= 4 is 29.0 Å². The van der Waals surface area contributed by atoms with Gasteiger partial charge in [-0.1, -0.05) is 6.07 Å². The molecule has 2 amide bonds. The van der Waals surface area contributed by atoms with Gasteiger partial charge < -0.3 is 30.7 Å². The number of amides is 2. The molecule has 0 aliphatic carbocycles. The predicted octanol–water partition coefficient (Wildman–Crippen LogP) is 5.14. The van der Waals surface area contributed by atoms with E-state index in [0.29, 0.717) is 22.4 Å². The lowest BCUT2D eigenvalue weighted by atomic mass is 9.98. The number of carbonyl (C=O) groups excluding carboxylic acids is 2. The van der Waals surface area contributed by atoms with Crippen molar-refractivity contribution < 1.29 is 41.0 Å². The predicted molar refractivity (Wildman–Crippen MR) is 158 cm³/mol. The van der Waals surface area contributed by atoms with Crippen molar-refractivity contribution in [2.75, 3.05) is 37.6 Å². The number of halogens is 5. The Bertz CT molecular complexity index is 1540. The van der Waals surface area contributed by atoms with E-state index in [1.807, 2.05) is 0 Å². The number of alkyl halides is 4. The topological polar surface area (TPSA) is 130 Å². The number of nitrogens with two attached hydrogens (primary N) is 1. The first-order chi connectivity index (χ1) is 21.5. The summed E-state index contributed by atoms with van der Waals surface area (Å²) in [6.07, 6.45) is -4.47. The number of ether oxygens (including phenoxy) is 2. The van der Waals surface area contributed by atoms with Crippen LogP contribution >= 0.6 is 0 Å². The number of nitrogens with zero attached hydrogens (tertiary/aromatic N) is 1. The summed E-state index contributed by atoms with van der Waals surface area (Å²) in [5.41, 5.74) is 7.31. The fourth-order valence-corrected chi connectivity index (χ4v) is 4.74. The monoisotopic (exact) mass is 633 g/mol. The van der Waals surface area contributed by atoms with Gasteiger partial charge in [-0.05, 0) is 60.0 Å². The van der Waals surface area contributed by atoms with Gasteiger partial charge in [0.15, 0.2) is 17.7 Å². The van der Waals surface area contributed by atoms with Crippen LogP contribution in [0.2, 0.25) is 0 Å². The molecule has 1 aliphatic rings. The highest BCUT2D eigenvalue weighted by Gasteiger charge is 2.28. The number of hydrogen-bond donors (Lipinski definition) is 4. The van der Waals surface area contributed by atoms with Gasteiger partial charge in [-0.15, -0.1) is 0 Å². The Morgan fingerprint density at radius 1 is 1.07 bits per heavy atom. The molecule has 3 aromatic carbocycles. The summed E-state index contributed by atoms with van der Waals surface area (Å²) in [5.74, 6) is -2.58. The highest BCUT2D eigenvalue weighted by atomic mass is 19.3. The summed E-state index contributed by atoms with van der Waals surface area (Å²) in [5, 5.41) is 13.3. The Hall–Kier alpha value is -4.88. The second-order valence-corrected chi connectivity index (χ2v) is 10.4. The third-order valence-corrected chi connectivity index (χ3v) is 6.97. The fraction of sp³-hybridized carbons (Fsp3) is 0.323. The fourth-order valence-electron chi connectivity index (χ4n) is 4.74. The van der Waals surface area contributed by atoms with Crippen LogP contribution in [0.4, 0.5) is 33.3 Å². The third kappa shape index (κ3) is 8.40. The Kier molecular flexibility index (Phi) is 10.8. The number of fused-ring (bicyclic) bond motifs is 4. The molecule has 9 nitrogen and oxygen atoms in total. The lowest BCUT2D eigenvalue weighted by molar-refractivity contribution is -0.131. The molecule has 45 heavy (non-hydrogen) atoms. The minimum absolute atomic E-state index is 0.0120. The lowest BCUT2D eigenvalue weighted by Gasteiger charge is -2.28. The van der Waals surface area contributed by atoms with Crippen LogP contribution in [0.3, 0.4) is 0 Å². The van der Waals surface area contributed by atoms with E-state index in [1.165, 1.54) is 30.1 Å². The number of aryl methyl sites for hydroxylation is 1. The summed E-state index contributed by atoms with van der Waals surface area (Å²) in [4.78, 5) is 28.1. The van der Waals surface area contributed by atoms with Crippen LogP contribution in [0, 0.1) is 11.2 Å². The molecule has 1 atom stereocenters. The summed E-state index contributed by atoms with van der Waals surface area (Å²) >= 11 is 0. The molecular weight excluding hydrogens is 601 g/mol. The zero-order valence-electron chi connectivity index (χ0n) is 24.2. The Morgan fingerprint density at radius 3 is 2.42 bits per heavy atom. The molecular formula is C31H32F5N5O4. The number of likely N-dealkylation sites (N-methyl/N-ethyl adjacent to an activating group) is 1. The molecule has 0 radical (unpaired) electrons. The van der Waals surface area contributed by atoms with Crippen LogP contribution in [0.15, 0.2) is 54.6 Å². The van der Waals surface area contributed by atoms with Crippen molar-refractivity contribution in [1.82, 2.24) is 4.90 Å². The van der Waals surface area contributed by atoms with Gasteiger partial charge in [-0.2, -0.15) is 0 Å². The van der Waals surface area contributed by atoms with Gasteiger partial charge in [0.25, 0.3) is 6.43 Å². The molecule has 4 bridgehead atoms. The Labute approximate surface area is 256 Å². The zero-order valence-corrected chi connectivity index (χ0v) is 24.2. The van der Waals surface area contributed by atoms with Crippen molar-refractivity contribution in [2.24, 2.45) is 5.73 Å². The molecule has 4 rings (SSSR count). The maximum Gasteiger partial charge on any atom is 0.272 e. The third-order valence-electron chi connectivity index (χ3n) is 6.97. The average molecular weight is 634 g/mol. The number of nitrogens with one attached hydrogen (secondary N) is 3. The van der Waals surface area contributed by atoms with E-state index >= 15 is 4.39 Å². The smallest absolute Gasteiger partial charge is 0.272 e. The van der Waals surface area contributed by atoms with Crippen molar-refractivity contribution in [3.63, 3.8) is 0 Å². The molecule has 0 fully saturated rings. The van der Waals surface area contributed by atoms with Crippen molar-refractivity contribution in [3.05, 3.63) is 82.7 Å². The highest BCUT2D eigenvalue weighted by Crippen LogP contribution is 2.33. The Balaban J connectivity index is 1.79. The largest absolute Gasteiger partial charge is 0.487 e. The van der Waals surface area contributed by atoms with Crippen LogP contribution in [-0.2, 0) is 22.6 Å². The van der Waals surface area contributed by atoms with Crippen LogP contribution in [-0.4, -0.2) is 62.1 Å². The van der Waals surface area contributed by atoms with Gasteiger partial charge in [0.2, 0.25) is 11.8 Å². The molecule has 0 unspecified atom stereocenters. The number of amidine groups is 1. The van der Waals surface area contributed by atoms with Crippen molar-refractivity contribution in [3.8, 4) is 11.5 Å². The number of anilines is 2. The summed E-state index contributed by atoms with van der Waals surface area (Å²) in [6, 6.07) is 12.1. The molecule has 0 saturated carbocycles. The maximum absolute atomic E-state index is 15.3. The van der Waals surface area contributed by atoms with E-state index in [0.717, 1.165) is 6.07 Å². The average Bonchev–Trinajstić information content (AvgIpc) is 3.01. The SMILES string of the molecule is CN1Cc2cc(cc(F)c2OC(CF)CF)NC(=O)CCc2cc(ccc2OCC(F)F)[C@@H](Nc2ccc(C(=N)N)cc2)C1=O. The van der Waals surface area contributed by atoms with Gasteiger partial charge in [-0.3, -0.25) is 15.0 Å². The number of rotatable bonds is 10. The van der Waals surface area contributed by atoms with Gasteiger partial charge in [-0.25, -0.2) is 22.0 Å².